The van der Waals surface area contributed by atoms with Gasteiger partial charge in [-0.25, -0.2) is 13.6 Å². The van der Waals surface area contributed by atoms with Gasteiger partial charge in [-0.2, -0.15) is 5.26 Å². The van der Waals surface area contributed by atoms with E-state index in [9.17, 15) is 23.9 Å². The van der Waals surface area contributed by atoms with Gasteiger partial charge in [0, 0.05) is 35.9 Å². The van der Waals surface area contributed by atoms with E-state index < -0.39 is 23.8 Å². The third-order valence-corrected chi connectivity index (χ3v) is 6.54. The minimum absolute atomic E-state index is 0.0362. The Balaban J connectivity index is 1.27. The third-order valence-electron chi connectivity index (χ3n) is 6.54. The van der Waals surface area contributed by atoms with E-state index in [1.807, 2.05) is 0 Å². The smallest absolute Gasteiger partial charge is 0.323 e. The lowest BCUT2D eigenvalue weighted by molar-refractivity contribution is 0.0758. The second kappa shape index (κ2) is 12.6. The fraction of sp³-hybridized carbons (Fsp3) is 0.233. The molecule has 0 saturated carbocycles. The Morgan fingerprint density at radius 3 is 2.56 bits per heavy atom. The summed E-state index contributed by atoms with van der Waals surface area (Å²) in [4.78, 5) is 18.7. The van der Waals surface area contributed by atoms with Crippen LogP contribution in [0.1, 0.15) is 18.4 Å². The number of pyridine rings is 1. The number of hydrogen-bond acceptors (Lipinski definition) is 7. The number of benzene rings is 3. The topological polar surface area (TPSA) is 120 Å². The summed E-state index contributed by atoms with van der Waals surface area (Å²) in [7, 11) is 0. The molecule has 3 N–H and O–H groups in total. The molecule has 1 saturated heterocycles. The second-order valence-corrected chi connectivity index (χ2v) is 9.59. The van der Waals surface area contributed by atoms with Crippen LogP contribution in [0, 0.1) is 23.0 Å². The number of nitrogens with zero attached hydrogens (tertiary/aromatic N) is 3. The van der Waals surface area contributed by atoms with E-state index in [1.54, 1.807) is 18.2 Å². The highest BCUT2D eigenvalue weighted by Gasteiger charge is 2.18. The second-order valence-electron chi connectivity index (χ2n) is 9.59. The van der Waals surface area contributed by atoms with Crippen molar-refractivity contribution in [2.75, 3.05) is 36.9 Å². The number of likely N-dealkylation sites (tertiary alicyclic amines) is 1. The number of hydrogen-bond donors (Lipinski definition) is 3. The number of nitriles is 1. The fourth-order valence-electron chi connectivity index (χ4n) is 4.55. The highest BCUT2D eigenvalue weighted by molar-refractivity contribution is 5.99. The number of carbonyl (C=O) groups excluding carboxylic acids is 1. The van der Waals surface area contributed by atoms with E-state index in [1.165, 1.54) is 42.6 Å². The van der Waals surface area contributed by atoms with Crippen LogP contribution in [0.5, 0.6) is 17.2 Å². The third kappa shape index (κ3) is 7.05. The Bertz CT molecular complexity index is 1590. The molecule has 210 valence electrons. The van der Waals surface area contributed by atoms with Crippen molar-refractivity contribution in [2.24, 2.45) is 0 Å². The Labute approximate surface area is 234 Å². The number of fused-ring (bicyclic) bond motifs is 1. The van der Waals surface area contributed by atoms with Gasteiger partial charge in [0.1, 0.15) is 47.7 Å². The summed E-state index contributed by atoms with van der Waals surface area (Å²) in [6.45, 7) is 2.46. The molecule has 3 aromatic carbocycles. The van der Waals surface area contributed by atoms with Gasteiger partial charge in [0.25, 0.3) is 0 Å². The minimum Gasteiger partial charge on any atom is -0.489 e. The number of β-amino-alcohol motifs (C(OH)–C–C–N with tert-alkyl or cyclic N) is 1. The van der Waals surface area contributed by atoms with E-state index in [0.717, 1.165) is 32.0 Å². The van der Waals surface area contributed by atoms with Crippen molar-refractivity contribution in [1.29, 1.82) is 5.26 Å². The zero-order chi connectivity index (χ0) is 28.8. The van der Waals surface area contributed by atoms with Crippen molar-refractivity contribution in [1.82, 2.24) is 9.88 Å². The number of aliphatic hydroxyl groups excluding tert-OH is 1. The summed E-state index contributed by atoms with van der Waals surface area (Å²) in [6, 6.07) is 15.3. The maximum atomic E-state index is 14.8. The predicted octanol–water partition coefficient (Wildman–Crippen LogP) is 5.66. The van der Waals surface area contributed by atoms with Crippen LogP contribution in [0.15, 0.2) is 66.9 Å². The summed E-state index contributed by atoms with van der Waals surface area (Å²) >= 11 is 0. The number of rotatable bonds is 9. The van der Waals surface area contributed by atoms with Crippen LogP contribution in [0.25, 0.3) is 10.9 Å². The van der Waals surface area contributed by atoms with E-state index in [-0.39, 0.29) is 23.6 Å². The SMILES string of the molecule is N#Cc1cc2c(Oc3ccc(NC(=O)Nc4ccc(F)cc4)c(F)c3)ccnc2cc1OCC(O)CN1CCCC1. The van der Waals surface area contributed by atoms with Crippen molar-refractivity contribution in [3.8, 4) is 23.3 Å². The van der Waals surface area contributed by atoms with E-state index in [4.69, 9.17) is 9.47 Å². The van der Waals surface area contributed by atoms with Crippen LogP contribution in [-0.2, 0) is 0 Å². The van der Waals surface area contributed by atoms with Gasteiger partial charge in [-0.05, 0) is 74.5 Å². The van der Waals surface area contributed by atoms with Crippen LogP contribution in [0.4, 0.5) is 25.0 Å². The maximum Gasteiger partial charge on any atom is 0.323 e. The number of aliphatic hydroxyl groups is 1. The first-order chi connectivity index (χ1) is 19.9. The lowest BCUT2D eigenvalue weighted by Gasteiger charge is -2.20. The molecule has 1 aromatic heterocycles. The Morgan fingerprint density at radius 2 is 1.83 bits per heavy atom. The fourth-order valence-corrected chi connectivity index (χ4v) is 4.55. The predicted molar refractivity (Wildman–Crippen MR) is 149 cm³/mol. The van der Waals surface area contributed by atoms with Crippen molar-refractivity contribution in [2.45, 2.75) is 18.9 Å². The molecule has 0 radical (unpaired) electrons. The number of anilines is 2. The summed E-state index contributed by atoms with van der Waals surface area (Å²) in [5.74, 6) is -0.397. The van der Waals surface area contributed by atoms with E-state index in [2.05, 4.69) is 26.6 Å². The van der Waals surface area contributed by atoms with Gasteiger partial charge in [-0.3, -0.25) is 4.98 Å². The van der Waals surface area contributed by atoms with E-state index in [0.29, 0.717) is 34.6 Å². The summed E-state index contributed by atoms with van der Waals surface area (Å²) in [5.41, 5.74) is 0.984. The van der Waals surface area contributed by atoms with Crippen molar-refractivity contribution < 1.29 is 28.2 Å². The van der Waals surface area contributed by atoms with Gasteiger partial charge in [0.05, 0.1) is 16.8 Å². The number of amides is 2. The lowest BCUT2D eigenvalue weighted by Crippen LogP contribution is -2.33. The molecule has 4 aromatic rings. The molecule has 11 heteroatoms. The molecule has 0 spiro atoms. The highest BCUT2D eigenvalue weighted by atomic mass is 19.1. The zero-order valence-electron chi connectivity index (χ0n) is 21.9. The van der Waals surface area contributed by atoms with Gasteiger partial charge in [-0.15, -0.1) is 0 Å². The largest absolute Gasteiger partial charge is 0.489 e. The first-order valence-corrected chi connectivity index (χ1v) is 13.0. The van der Waals surface area contributed by atoms with Gasteiger partial charge < -0.3 is 30.1 Å². The molecule has 1 unspecified atom stereocenters. The molecule has 9 nitrogen and oxygen atoms in total. The summed E-state index contributed by atoms with van der Waals surface area (Å²) in [6.07, 6.45) is 3.06. The molecule has 41 heavy (non-hydrogen) atoms. The van der Waals surface area contributed by atoms with Gasteiger partial charge in [-0.1, -0.05) is 0 Å². The molecule has 2 heterocycles. The van der Waals surface area contributed by atoms with Crippen molar-refractivity contribution in [3.05, 3.63) is 84.1 Å². The molecule has 1 atom stereocenters. The molecule has 1 aliphatic rings. The van der Waals surface area contributed by atoms with Crippen LogP contribution in [0.3, 0.4) is 0 Å². The average molecular weight is 560 g/mol. The minimum atomic E-state index is -0.740. The first-order valence-electron chi connectivity index (χ1n) is 13.0. The normalized spacial score (nSPS) is 13.9. The van der Waals surface area contributed by atoms with Crippen molar-refractivity contribution in [3.63, 3.8) is 0 Å². The number of urea groups is 1. The first kappa shape index (κ1) is 27.8. The van der Waals surface area contributed by atoms with Crippen LogP contribution in [-0.4, -0.2) is 53.4 Å². The van der Waals surface area contributed by atoms with Crippen LogP contribution in [0.2, 0.25) is 0 Å². The molecule has 1 aliphatic heterocycles. The number of ether oxygens (including phenoxy) is 2. The Hall–Kier alpha value is -4.79. The standard InChI is InChI=1S/C30H27F2N5O4/c31-20-3-5-21(6-4-20)35-30(39)36-26-8-7-23(14-25(26)32)41-28-9-10-34-27-15-29(19(16-33)13-24(27)28)40-18-22(38)17-37-11-1-2-12-37/h3-10,13-15,22,38H,1-2,11-12,17-18H2,(H2,35,36,39). The van der Waals surface area contributed by atoms with Gasteiger partial charge in [0.15, 0.2) is 0 Å². The number of carbonyl (C=O) groups is 1. The molecule has 5 rings (SSSR count). The molecule has 1 fully saturated rings. The highest BCUT2D eigenvalue weighted by Crippen LogP contribution is 2.34. The average Bonchev–Trinajstić information content (AvgIpc) is 3.47. The molecule has 0 bridgehead atoms. The number of aromatic nitrogens is 1. The molecular formula is C30H27F2N5O4. The van der Waals surface area contributed by atoms with Crippen LogP contribution >= 0.6 is 0 Å². The molecule has 0 aliphatic carbocycles. The monoisotopic (exact) mass is 559 g/mol. The summed E-state index contributed by atoms with van der Waals surface area (Å²) < 4.78 is 39.5. The quantitative estimate of drug-likeness (QED) is 0.242. The zero-order valence-corrected chi connectivity index (χ0v) is 21.9. The van der Waals surface area contributed by atoms with Gasteiger partial charge in [0.2, 0.25) is 0 Å². The Kier molecular flexibility index (Phi) is 8.53. The van der Waals surface area contributed by atoms with Crippen LogP contribution < -0.4 is 20.1 Å². The number of nitrogens with one attached hydrogen (secondary N) is 2. The number of halogens is 2. The van der Waals surface area contributed by atoms with Crippen molar-refractivity contribution >= 4 is 28.3 Å². The molecular weight excluding hydrogens is 532 g/mol. The van der Waals surface area contributed by atoms with Gasteiger partial charge >= 0.3 is 6.03 Å². The van der Waals surface area contributed by atoms with E-state index >= 15 is 0 Å². The molecule has 2 amide bonds. The Morgan fingerprint density at radius 1 is 1.05 bits per heavy atom. The summed E-state index contributed by atoms with van der Waals surface area (Å²) in [5, 5.41) is 25.5. The maximum absolute atomic E-state index is 14.8. The lowest BCUT2D eigenvalue weighted by atomic mass is 10.1.